The Morgan fingerprint density at radius 3 is 2.72 bits per heavy atom. The van der Waals surface area contributed by atoms with Crippen molar-refractivity contribution in [2.24, 2.45) is 0 Å². The molecule has 0 N–H and O–H groups in total. The van der Waals surface area contributed by atoms with Crippen LogP contribution in [0, 0.1) is 0 Å². The van der Waals surface area contributed by atoms with E-state index in [0.29, 0.717) is 23.2 Å². The van der Waals surface area contributed by atoms with E-state index >= 15 is 0 Å². The monoisotopic (exact) mass is 325 g/mol. The summed E-state index contributed by atoms with van der Waals surface area (Å²) in [5.74, 6) is 1.21. The van der Waals surface area contributed by atoms with E-state index in [4.69, 9.17) is 11.6 Å². The van der Waals surface area contributed by atoms with Gasteiger partial charge in [-0.3, -0.25) is 0 Å². The lowest BCUT2D eigenvalue weighted by Crippen LogP contribution is -2.45. The second kappa shape index (κ2) is 5.32. The van der Waals surface area contributed by atoms with Gasteiger partial charge in [-0.2, -0.15) is 16.1 Å². The Bertz CT molecular complexity index is 524. The Balaban J connectivity index is 2.25. The predicted molar refractivity (Wildman–Crippen MR) is 79.2 cm³/mol. The molecule has 0 saturated carbocycles. The fourth-order valence-corrected chi connectivity index (χ4v) is 6.40. The highest BCUT2D eigenvalue weighted by molar-refractivity contribution is 8.00. The van der Waals surface area contributed by atoms with Gasteiger partial charge < -0.3 is 0 Å². The first-order valence-corrected chi connectivity index (χ1v) is 9.42. The highest BCUT2D eigenvalue weighted by Gasteiger charge is 2.35. The summed E-state index contributed by atoms with van der Waals surface area (Å²) in [7, 11) is -3.34. The second-order valence-electron chi connectivity index (χ2n) is 4.80. The van der Waals surface area contributed by atoms with Gasteiger partial charge in [-0.1, -0.05) is 0 Å². The van der Waals surface area contributed by atoms with Crippen molar-refractivity contribution in [1.29, 1.82) is 0 Å². The average molecular weight is 326 g/mol. The number of alkyl halides is 1. The Morgan fingerprint density at radius 1 is 1.44 bits per heavy atom. The van der Waals surface area contributed by atoms with E-state index < -0.39 is 10.0 Å². The summed E-state index contributed by atoms with van der Waals surface area (Å²) >= 11 is 8.81. The second-order valence-corrected chi connectivity index (χ2v) is 10.2. The smallest absolute Gasteiger partial charge is 0.206 e. The SMILES string of the molecule is CC1(C)CN(S(=O)(=O)c2ccc(CCl)s2)CCS1. The molecule has 1 aromatic rings. The number of nitrogens with zero attached hydrogens (tertiary/aromatic N) is 1. The van der Waals surface area contributed by atoms with Crippen LogP contribution in [0.5, 0.6) is 0 Å². The number of sulfonamides is 1. The third-order valence-electron chi connectivity index (χ3n) is 2.75. The van der Waals surface area contributed by atoms with Gasteiger partial charge in [0.25, 0.3) is 10.0 Å². The number of rotatable bonds is 3. The molecular formula is C11H16ClNO2S3. The molecule has 0 bridgehead atoms. The first kappa shape index (κ1) is 14.7. The maximum Gasteiger partial charge on any atom is 0.252 e. The van der Waals surface area contributed by atoms with Crippen LogP contribution in [0.2, 0.25) is 0 Å². The van der Waals surface area contributed by atoms with E-state index in [9.17, 15) is 8.42 Å². The van der Waals surface area contributed by atoms with Crippen LogP contribution in [0.3, 0.4) is 0 Å². The molecule has 0 radical (unpaired) electrons. The largest absolute Gasteiger partial charge is 0.252 e. The fraction of sp³-hybridized carbons (Fsp3) is 0.636. The van der Waals surface area contributed by atoms with Crippen molar-refractivity contribution in [3.8, 4) is 0 Å². The summed E-state index contributed by atoms with van der Waals surface area (Å²) in [6.07, 6.45) is 0. The standard InChI is InChI=1S/C11H16ClNO2S3/c1-11(2)8-13(5-6-16-11)18(14,15)10-4-3-9(7-12)17-10/h3-4H,5-8H2,1-2H3. The van der Waals surface area contributed by atoms with Crippen molar-refractivity contribution in [2.75, 3.05) is 18.8 Å². The van der Waals surface area contributed by atoms with Gasteiger partial charge in [-0.25, -0.2) is 8.42 Å². The fourth-order valence-electron chi connectivity index (χ4n) is 1.87. The summed E-state index contributed by atoms with van der Waals surface area (Å²) in [5, 5.41) is 0. The first-order chi connectivity index (χ1) is 8.35. The molecule has 1 aromatic heterocycles. The van der Waals surface area contributed by atoms with E-state index in [1.54, 1.807) is 16.4 Å². The summed E-state index contributed by atoms with van der Waals surface area (Å²) < 4.78 is 27.0. The Labute approximate surface area is 122 Å². The Kier molecular flexibility index (Phi) is 4.33. The lowest BCUT2D eigenvalue weighted by atomic mass is 10.2. The topological polar surface area (TPSA) is 37.4 Å². The van der Waals surface area contributed by atoms with Crippen LogP contribution < -0.4 is 0 Å². The first-order valence-electron chi connectivity index (χ1n) is 5.64. The van der Waals surface area contributed by atoms with Gasteiger partial charge in [0, 0.05) is 28.5 Å². The molecule has 1 aliphatic rings. The van der Waals surface area contributed by atoms with E-state index in [1.807, 2.05) is 11.8 Å². The van der Waals surface area contributed by atoms with Crippen molar-refractivity contribution in [1.82, 2.24) is 4.31 Å². The van der Waals surface area contributed by atoms with Crippen LogP contribution in [0.25, 0.3) is 0 Å². The molecule has 0 unspecified atom stereocenters. The normalized spacial score (nSPS) is 21.1. The van der Waals surface area contributed by atoms with Crippen LogP contribution >= 0.6 is 34.7 Å². The van der Waals surface area contributed by atoms with Crippen molar-refractivity contribution in [3.63, 3.8) is 0 Å². The molecule has 0 aromatic carbocycles. The number of thiophene rings is 1. The maximum atomic E-state index is 12.5. The molecule has 102 valence electrons. The molecule has 1 saturated heterocycles. The van der Waals surface area contributed by atoms with Gasteiger partial charge in [0.15, 0.2) is 0 Å². The minimum atomic E-state index is -3.34. The molecular weight excluding hydrogens is 310 g/mol. The molecule has 0 spiro atoms. The van der Waals surface area contributed by atoms with Crippen molar-refractivity contribution < 1.29 is 8.42 Å². The predicted octanol–water partition coefficient (Wildman–Crippen LogP) is 3.00. The van der Waals surface area contributed by atoms with Crippen molar-refractivity contribution in [2.45, 2.75) is 28.7 Å². The van der Waals surface area contributed by atoms with Gasteiger partial charge in [-0.05, 0) is 26.0 Å². The third-order valence-corrected chi connectivity index (χ3v) is 7.89. The zero-order valence-corrected chi connectivity index (χ0v) is 13.6. The van der Waals surface area contributed by atoms with E-state index in [1.165, 1.54) is 11.3 Å². The zero-order chi connectivity index (χ0) is 13.4. The van der Waals surface area contributed by atoms with E-state index in [-0.39, 0.29) is 4.75 Å². The molecule has 1 aliphatic heterocycles. The lowest BCUT2D eigenvalue weighted by molar-refractivity contribution is 0.388. The van der Waals surface area contributed by atoms with E-state index in [0.717, 1.165) is 10.6 Å². The number of hydrogen-bond acceptors (Lipinski definition) is 4. The van der Waals surface area contributed by atoms with Crippen LogP contribution in [0.1, 0.15) is 18.7 Å². The van der Waals surface area contributed by atoms with Crippen molar-refractivity contribution >= 4 is 44.7 Å². The van der Waals surface area contributed by atoms with Gasteiger partial charge in [0.1, 0.15) is 4.21 Å². The molecule has 2 heterocycles. The van der Waals surface area contributed by atoms with Gasteiger partial charge in [-0.15, -0.1) is 22.9 Å². The zero-order valence-electron chi connectivity index (χ0n) is 10.3. The van der Waals surface area contributed by atoms with Gasteiger partial charge >= 0.3 is 0 Å². The Hall–Kier alpha value is 0.250. The van der Waals surface area contributed by atoms with Gasteiger partial charge in [0.05, 0.1) is 5.88 Å². The molecule has 18 heavy (non-hydrogen) atoms. The summed E-state index contributed by atoms with van der Waals surface area (Å²) in [6, 6.07) is 3.45. The van der Waals surface area contributed by atoms with Crippen LogP contribution in [0.15, 0.2) is 16.3 Å². The average Bonchev–Trinajstić information content (AvgIpc) is 2.76. The van der Waals surface area contributed by atoms with Gasteiger partial charge in [0.2, 0.25) is 0 Å². The van der Waals surface area contributed by atoms with Crippen LogP contribution in [-0.4, -0.2) is 36.3 Å². The molecule has 7 heteroatoms. The molecule has 0 atom stereocenters. The number of halogens is 1. The van der Waals surface area contributed by atoms with Crippen LogP contribution in [0.4, 0.5) is 0 Å². The quantitative estimate of drug-likeness (QED) is 0.802. The van der Waals surface area contributed by atoms with E-state index in [2.05, 4.69) is 13.8 Å². The molecule has 3 nitrogen and oxygen atoms in total. The highest BCUT2D eigenvalue weighted by atomic mass is 35.5. The Morgan fingerprint density at radius 2 is 2.17 bits per heavy atom. The van der Waals surface area contributed by atoms with Crippen LogP contribution in [-0.2, 0) is 15.9 Å². The maximum absolute atomic E-state index is 12.5. The molecule has 0 aliphatic carbocycles. The molecule has 2 rings (SSSR count). The number of thioether (sulfide) groups is 1. The molecule has 0 amide bonds. The minimum Gasteiger partial charge on any atom is -0.206 e. The lowest BCUT2D eigenvalue weighted by Gasteiger charge is -2.36. The third kappa shape index (κ3) is 3.04. The summed E-state index contributed by atoms with van der Waals surface area (Å²) in [6.45, 7) is 5.31. The molecule has 1 fully saturated rings. The minimum absolute atomic E-state index is 0.0160. The highest BCUT2D eigenvalue weighted by Crippen LogP contribution is 2.34. The number of hydrogen-bond donors (Lipinski definition) is 0. The summed E-state index contributed by atoms with van der Waals surface area (Å²) in [5.41, 5.74) is 0. The van der Waals surface area contributed by atoms with Crippen molar-refractivity contribution in [3.05, 3.63) is 17.0 Å². The summed E-state index contributed by atoms with van der Waals surface area (Å²) in [4.78, 5) is 0.890.